The predicted octanol–water partition coefficient (Wildman–Crippen LogP) is 3.16. The van der Waals surface area contributed by atoms with Crippen molar-refractivity contribution in [3.63, 3.8) is 0 Å². The van der Waals surface area contributed by atoms with Crippen LogP contribution in [0.5, 0.6) is 5.88 Å². The van der Waals surface area contributed by atoms with Crippen LogP contribution < -0.4 is 4.74 Å². The van der Waals surface area contributed by atoms with Gasteiger partial charge in [0, 0.05) is 23.3 Å². The molecule has 0 spiro atoms. The van der Waals surface area contributed by atoms with Gasteiger partial charge in [-0.3, -0.25) is 4.98 Å². The van der Waals surface area contributed by atoms with E-state index in [0.29, 0.717) is 27.0 Å². The maximum Gasteiger partial charge on any atom is 0.227 e. The first-order chi connectivity index (χ1) is 10.6. The minimum atomic E-state index is -1.58. The van der Waals surface area contributed by atoms with Gasteiger partial charge in [-0.25, -0.2) is 9.19 Å². The largest absolute Gasteiger partial charge is 0.481 e. The van der Waals surface area contributed by atoms with E-state index < -0.39 is 10.8 Å². The van der Waals surface area contributed by atoms with E-state index in [1.807, 2.05) is 6.07 Å². The SMILES string of the molecule is COc1cc(C)nc(S(=O)c2ccc(Cl)c3cccnc23)n1. The Bertz CT molecular complexity index is 886. The fourth-order valence-corrected chi connectivity index (χ4v) is 3.40. The van der Waals surface area contributed by atoms with Crippen LogP contribution in [0.3, 0.4) is 0 Å². The summed E-state index contributed by atoms with van der Waals surface area (Å²) in [5, 5.41) is 1.49. The molecule has 3 aromatic rings. The van der Waals surface area contributed by atoms with E-state index in [-0.39, 0.29) is 5.16 Å². The van der Waals surface area contributed by atoms with Crippen LogP contribution in [-0.4, -0.2) is 26.3 Å². The number of methoxy groups -OCH3 is 1. The van der Waals surface area contributed by atoms with E-state index in [2.05, 4.69) is 15.0 Å². The zero-order chi connectivity index (χ0) is 15.7. The lowest BCUT2D eigenvalue weighted by atomic mass is 10.2. The van der Waals surface area contributed by atoms with Gasteiger partial charge in [0.25, 0.3) is 0 Å². The van der Waals surface area contributed by atoms with Crippen molar-refractivity contribution in [3.8, 4) is 5.88 Å². The topological polar surface area (TPSA) is 65.0 Å². The van der Waals surface area contributed by atoms with Crippen molar-refractivity contribution in [2.24, 2.45) is 0 Å². The second-order valence-electron chi connectivity index (χ2n) is 4.55. The lowest BCUT2D eigenvalue weighted by molar-refractivity contribution is 0.391. The number of nitrogens with zero attached hydrogens (tertiary/aromatic N) is 3. The Balaban J connectivity index is 2.18. The van der Waals surface area contributed by atoms with Crippen molar-refractivity contribution >= 4 is 33.3 Å². The van der Waals surface area contributed by atoms with Gasteiger partial charge in [-0.2, -0.15) is 4.98 Å². The lowest BCUT2D eigenvalue weighted by Gasteiger charge is -2.08. The second-order valence-corrected chi connectivity index (χ2v) is 6.30. The molecule has 1 aromatic carbocycles. The molecule has 0 bridgehead atoms. The molecule has 0 aliphatic heterocycles. The number of benzene rings is 1. The molecule has 2 heterocycles. The van der Waals surface area contributed by atoms with Crippen molar-refractivity contribution < 1.29 is 8.95 Å². The average molecular weight is 334 g/mol. The first kappa shape index (κ1) is 14.9. The Morgan fingerprint density at radius 3 is 2.82 bits per heavy atom. The van der Waals surface area contributed by atoms with Crippen LogP contribution in [0.25, 0.3) is 10.9 Å². The zero-order valence-corrected chi connectivity index (χ0v) is 13.5. The molecule has 1 atom stereocenters. The fraction of sp³-hybridized carbons (Fsp3) is 0.133. The first-order valence-electron chi connectivity index (χ1n) is 6.45. The van der Waals surface area contributed by atoms with Crippen LogP contribution in [0, 0.1) is 6.92 Å². The minimum Gasteiger partial charge on any atom is -0.481 e. The van der Waals surface area contributed by atoms with Gasteiger partial charge in [-0.15, -0.1) is 0 Å². The van der Waals surface area contributed by atoms with Gasteiger partial charge in [0.15, 0.2) is 0 Å². The molecule has 0 N–H and O–H groups in total. The first-order valence-corrected chi connectivity index (χ1v) is 7.97. The summed E-state index contributed by atoms with van der Waals surface area (Å²) >= 11 is 6.16. The third kappa shape index (κ3) is 2.67. The van der Waals surface area contributed by atoms with E-state index in [4.69, 9.17) is 16.3 Å². The number of hydrogen-bond acceptors (Lipinski definition) is 5. The normalized spacial score (nSPS) is 12.3. The summed E-state index contributed by atoms with van der Waals surface area (Å²) < 4.78 is 17.9. The van der Waals surface area contributed by atoms with Gasteiger partial charge in [0.1, 0.15) is 10.8 Å². The van der Waals surface area contributed by atoms with Gasteiger partial charge < -0.3 is 4.74 Å². The number of aryl methyl sites for hydroxylation is 1. The summed E-state index contributed by atoms with van der Waals surface area (Å²) in [4.78, 5) is 13.2. The molecule has 0 fully saturated rings. The van der Waals surface area contributed by atoms with E-state index in [9.17, 15) is 4.21 Å². The third-order valence-corrected chi connectivity index (χ3v) is 4.64. The lowest BCUT2D eigenvalue weighted by Crippen LogP contribution is -2.04. The van der Waals surface area contributed by atoms with Gasteiger partial charge in [-0.1, -0.05) is 11.6 Å². The van der Waals surface area contributed by atoms with Crippen LogP contribution in [0.1, 0.15) is 5.69 Å². The Hall–Kier alpha value is -2.05. The molecule has 7 heteroatoms. The quantitative estimate of drug-likeness (QED) is 0.689. The fourth-order valence-electron chi connectivity index (χ4n) is 2.06. The predicted molar refractivity (Wildman–Crippen MR) is 84.7 cm³/mol. The number of rotatable bonds is 3. The van der Waals surface area contributed by atoms with E-state index >= 15 is 0 Å². The number of hydrogen-bond donors (Lipinski definition) is 0. The molecule has 0 aliphatic carbocycles. The molecule has 112 valence electrons. The molecule has 0 saturated carbocycles. The van der Waals surface area contributed by atoms with Crippen LogP contribution in [0.2, 0.25) is 5.02 Å². The Labute approximate surface area is 134 Å². The van der Waals surface area contributed by atoms with Crippen molar-refractivity contribution in [3.05, 3.63) is 47.2 Å². The summed E-state index contributed by atoms with van der Waals surface area (Å²) in [6.45, 7) is 1.79. The summed E-state index contributed by atoms with van der Waals surface area (Å²) in [5.41, 5.74) is 1.26. The van der Waals surface area contributed by atoms with Gasteiger partial charge in [0.2, 0.25) is 11.0 Å². The highest BCUT2D eigenvalue weighted by Gasteiger charge is 2.17. The van der Waals surface area contributed by atoms with Crippen molar-refractivity contribution in [1.29, 1.82) is 0 Å². The van der Waals surface area contributed by atoms with Crippen LogP contribution >= 0.6 is 11.6 Å². The highest BCUT2D eigenvalue weighted by molar-refractivity contribution is 7.85. The van der Waals surface area contributed by atoms with Gasteiger partial charge >= 0.3 is 0 Å². The smallest absolute Gasteiger partial charge is 0.227 e. The Kier molecular flexibility index (Phi) is 4.04. The summed E-state index contributed by atoms with van der Waals surface area (Å²) in [6.07, 6.45) is 1.64. The number of fused-ring (bicyclic) bond motifs is 1. The molecule has 1 unspecified atom stereocenters. The molecule has 2 aromatic heterocycles. The van der Waals surface area contributed by atoms with Crippen molar-refractivity contribution in [2.75, 3.05) is 7.11 Å². The molecular weight excluding hydrogens is 322 g/mol. The highest BCUT2D eigenvalue weighted by atomic mass is 35.5. The van der Waals surface area contributed by atoms with Crippen LogP contribution in [0.15, 0.2) is 46.6 Å². The van der Waals surface area contributed by atoms with E-state index in [0.717, 1.165) is 5.39 Å². The van der Waals surface area contributed by atoms with Gasteiger partial charge in [-0.05, 0) is 31.2 Å². The summed E-state index contributed by atoms with van der Waals surface area (Å²) in [7, 11) is -0.0675. The van der Waals surface area contributed by atoms with Crippen LogP contribution in [-0.2, 0) is 10.8 Å². The summed E-state index contributed by atoms with van der Waals surface area (Å²) in [6, 6.07) is 8.69. The minimum absolute atomic E-state index is 0.186. The average Bonchev–Trinajstić information content (AvgIpc) is 2.54. The maximum absolute atomic E-state index is 12.8. The third-order valence-electron chi connectivity index (χ3n) is 3.06. The second kappa shape index (κ2) is 5.98. The zero-order valence-electron chi connectivity index (χ0n) is 11.9. The number of ether oxygens (including phenoxy) is 1. The summed E-state index contributed by atoms with van der Waals surface area (Å²) in [5.74, 6) is 0.377. The molecule has 0 amide bonds. The Morgan fingerprint density at radius 1 is 1.23 bits per heavy atom. The molecule has 0 aliphatic rings. The van der Waals surface area contributed by atoms with Crippen molar-refractivity contribution in [1.82, 2.24) is 15.0 Å². The number of pyridine rings is 1. The molecule has 0 radical (unpaired) electrons. The molecular formula is C15H12ClN3O2S. The monoisotopic (exact) mass is 333 g/mol. The molecule has 3 rings (SSSR count). The standard InChI is InChI=1S/C15H12ClN3O2S/c1-9-8-13(21-2)19-15(18-9)22(20)12-6-5-11(16)10-4-3-7-17-14(10)12/h3-8H,1-2H3. The van der Waals surface area contributed by atoms with E-state index in [1.54, 1.807) is 37.4 Å². The molecule has 22 heavy (non-hydrogen) atoms. The van der Waals surface area contributed by atoms with Gasteiger partial charge in [0.05, 0.1) is 22.5 Å². The molecule has 0 saturated heterocycles. The van der Waals surface area contributed by atoms with Crippen molar-refractivity contribution in [2.45, 2.75) is 17.0 Å². The Morgan fingerprint density at radius 2 is 2.05 bits per heavy atom. The van der Waals surface area contributed by atoms with Crippen LogP contribution in [0.4, 0.5) is 0 Å². The molecule has 5 nitrogen and oxygen atoms in total. The maximum atomic E-state index is 12.8. The number of aromatic nitrogens is 3. The van der Waals surface area contributed by atoms with E-state index in [1.165, 1.54) is 7.11 Å². The number of halogens is 1. The highest BCUT2D eigenvalue weighted by Crippen LogP contribution is 2.28.